The smallest absolute Gasteiger partial charge is 0.0468 e. The Hall–Kier alpha value is -6.74. The molecular formula is C52H35NS. The van der Waals surface area contributed by atoms with Gasteiger partial charge in [0.1, 0.15) is 0 Å². The largest absolute Gasteiger partial charge is 0.310 e. The van der Waals surface area contributed by atoms with Gasteiger partial charge in [-0.3, -0.25) is 0 Å². The highest BCUT2D eigenvalue weighted by atomic mass is 32.1. The molecule has 10 aromatic rings. The van der Waals surface area contributed by atoms with Gasteiger partial charge in [-0.25, -0.2) is 0 Å². The second kappa shape index (κ2) is 13.7. The molecule has 0 spiro atoms. The molecule has 0 N–H and O–H groups in total. The van der Waals surface area contributed by atoms with Gasteiger partial charge in [-0.05, 0) is 122 Å². The topological polar surface area (TPSA) is 3.24 Å². The van der Waals surface area contributed by atoms with E-state index in [1.807, 2.05) is 11.3 Å². The first-order chi connectivity index (χ1) is 26.7. The minimum atomic E-state index is 1.12. The third kappa shape index (κ3) is 6.03. The quantitative estimate of drug-likeness (QED) is 0.160. The van der Waals surface area contributed by atoms with Crippen molar-refractivity contribution in [2.24, 2.45) is 0 Å². The van der Waals surface area contributed by atoms with Gasteiger partial charge in [-0.1, -0.05) is 146 Å². The Labute approximate surface area is 319 Å². The Kier molecular flexibility index (Phi) is 8.09. The molecular weight excluding hydrogens is 671 g/mol. The maximum Gasteiger partial charge on any atom is 0.0468 e. The fourth-order valence-corrected chi connectivity index (χ4v) is 8.75. The van der Waals surface area contributed by atoms with Crippen LogP contribution in [0.3, 0.4) is 0 Å². The zero-order chi connectivity index (χ0) is 35.8. The molecule has 0 bridgehead atoms. The molecule has 0 radical (unpaired) electrons. The number of thiophene rings is 1. The number of hydrogen-bond donors (Lipinski definition) is 0. The Morgan fingerprint density at radius 1 is 0.259 bits per heavy atom. The molecule has 1 heterocycles. The van der Waals surface area contributed by atoms with Crippen molar-refractivity contribution in [3.8, 4) is 44.5 Å². The molecule has 54 heavy (non-hydrogen) atoms. The Morgan fingerprint density at radius 3 is 1.41 bits per heavy atom. The SMILES string of the molecule is c1ccc(-c2ccc(N(c3ccc(-c4cccc(-c5cccc(-c6ccc7ccccc7c6)c5)c4)cc3)c3ccc4sc5ccccc5c4c3)cc2)cc1. The van der Waals surface area contributed by atoms with Crippen molar-refractivity contribution in [3.05, 3.63) is 212 Å². The van der Waals surface area contributed by atoms with E-state index in [2.05, 4.69) is 217 Å². The van der Waals surface area contributed by atoms with E-state index in [9.17, 15) is 0 Å². The maximum absolute atomic E-state index is 2.37. The van der Waals surface area contributed by atoms with Crippen LogP contribution in [0.1, 0.15) is 0 Å². The van der Waals surface area contributed by atoms with E-state index >= 15 is 0 Å². The number of rotatable bonds is 7. The van der Waals surface area contributed by atoms with Gasteiger partial charge >= 0.3 is 0 Å². The zero-order valence-electron chi connectivity index (χ0n) is 29.6. The van der Waals surface area contributed by atoms with Crippen LogP contribution in [0.15, 0.2) is 212 Å². The summed E-state index contributed by atoms with van der Waals surface area (Å²) in [4.78, 5) is 2.37. The van der Waals surface area contributed by atoms with Crippen molar-refractivity contribution in [1.29, 1.82) is 0 Å². The molecule has 9 aromatic carbocycles. The fraction of sp³-hybridized carbons (Fsp3) is 0. The zero-order valence-corrected chi connectivity index (χ0v) is 30.4. The Morgan fingerprint density at radius 2 is 0.722 bits per heavy atom. The van der Waals surface area contributed by atoms with Crippen molar-refractivity contribution in [2.45, 2.75) is 0 Å². The minimum absolute atomic E-state index is 1.12. The maximum atomic E-state index is 2.37. The summed E-state index contributed by atoms with van der Waals surface area (Å²) < 4.78 is 2.62. The van der Waals surface area contributed by atoms with Crippen molar-refractivity contribution < 1.29 is 0 Å². The lowest BCUT2D eigenvalue weighted by Crippen LogP contribution is -2.09. The molecule has 1 nitrogen and oxygen atoms in total. The molecule has 1 aromatic heterocycles. The highest BCUT2D eigenvalue weighted by molar-refractivity contribution is 7.25. The first kappa shape index (κ1) is 32.0. The summed E-state index contributed by atoms with van der Waals surface area (Å²) in [5.74, 6) is 0. The summed E-state index contributed by atoms with van der Waals surface area (Å²) in [6.45, 7) is 0. The summed E-state index contributed by atoms with van der Waals surface area (Å²) in [6.07, 6.45) is 0. The van der Waals surface area contributed by atoms with Crippen LogP contribution >= 0.6 is 11.3 Å². The van der Waals surface area contributed by atoms with Crippen LogP contribution in [-0.2, 0) is 0 Å². The van der Waals surface area contributed by atoms with E-state index in [1.54, 1.807) is 0 Å². The summed E-state index contributed by atoms with van der Waals surface area (Å²) in [5.41, 5.74) is 13.0. The second-order valence-electron chi connectivity index (χ2n) is 13.8. The van der Waals surface area contributed by atoms with Gasteiger partial charge in [0, 0.05) is 37.2 Å². The number of anilines is 3. The first-order valence-corrected chi connectivity index (χ1v) is 19.2. The lowest BCUT2D eigenvalue weighted by molar-refractivity contribution is 1.29. The lowest BCUT2D eigenvalue weighted by Gasteiger charge is -2.26. The summed E-state index contributed by atoms with van der Waals surface area (Å²) in [5, 5.41) is 5.11. The van der Waals surface area contributed by atoms with E-state index in [0.29, 0.717) is 0 Å². The molecule has 2 heteroatoms. The van der Waals surface area contributed by atoms with Crippen LogP contribution in [0, 0.1) is 0 Å². The average molecular weight is 706 g/mol. The van der Waals surface area contributed by atoms with Gasteiger partial charge < -0.3 is 4.90 Å². The predicted octanol–water partition coefficient (Wildman–Crippen LogP) is 15.3. The first-order valence-electron chi connectivity index (χ1n) is 18.4. The van der Waals surface area contributed by atoms with Crippen molar-refractivity contribution in [3.63, 3.8) is 0 Å². The standard InChI is InChI=1S/C52H35NS/c1-2-10-36(11-3-1)38-22-26-46(27-23-38)53(48-30-31-52-50(35-48)49-18-6-7-19-51(49)54-52)47-28-24-39(25-29-47)41-14-8-15-42(32-41)43-16-9-17-44(34-43)45-21-20-37-12-4-5-13-40(37)33-45/h1-35H. The Balaban J connectivity index is 1.00. The number of benzene rings is 9. The van der Waals surface area contributed by atoms with Crippen LogP contribution in [0.2, 0.25) is 0 Å². The summed E-state index contributed by atoms with van der Waals surface area (Å²) in [7, 11) is 0. The number of hydrogen-bond acceptors (Lipinski definition) is 2. The van der Waals surface area contributed by atoms with Crippen molar-refractivity contribution >= 4 is 59.3 Å². The van der Waals surface area contributed by atoms with Gasteiger partial charge in [-0.15, -0.1) is 11.3 Å². The molecule has 0 atom stereocenters. The third-order valence-corrected chi connectivity index (χ3v) is 11.6. The molecule has 0 aliphatic carbocycles. The molecule has 254 valence electrons. The summed E-state index contributed by atoms with van der Waals surface area (Å²) in [6, 6.07) is 77.2. The molecule has 0 fully saturated rings. The monoisotopic (exact) mass is 705 g/mol. The molecule has 0 saturated carbocycles. The van der Waals surface area contributed by atoms with Gasteiger partial charge in [-0.2, -0.15) is 0 Å². The highest BCUT2D eigenvalue weighted by Gasteiger charge is 2.16. The predicted molar refractivity (Wildman–Crippen MR) is 233 cm³/mol. The molecule has 0 aliphatic heterocycles. The van der Waals surface area contributed by atoms with Gasteiger partial charge in [0.15, 0.2) is 0 Å². The van der Waals surface area contributed by atoms with E-state index in [1.165, 1.54) is 75.5 Å². The normalized spacial score (nSPS) is 11.3. The Bertz CT molecular complexity index is 2920. The van der Waals surface area contributed by atoms with Crippen LogP contribution in [0.25, 0.3) is 75.5 Å². The summed E-state index contributed by atoms with van der Waals surface area (Å²) >= 11 is 1.85. The molecule has 0 aliphatic rings. The van der Waals surface area contributed by atoms with E-state index < -0.39 is 0 Å². The van der Waals surface area contributed by atoms with Gasteiger partial charge in [0.2, 0.25) is 0 Å². The van der Waals surface area contributed by atoms with Crippen molar-refractivity contribution in [2.75, 3.05) is 4.90 Å². The fourth-order valence-electron chi connectivity index (χ4n) is 7.66. The molecule has 0 amide bonds. The lowest BCUT2D eigenvalue weighted by atomic mass is 9.95. The number of fused-ring (bicyclic) bond motifs is 4. The molecule has 10 rings (SSSR count). The highest BCUT2D eigenvalue weighted by Crippen LogP contribution is 2.41. The van der Waals surface area contributed by atoms with E-state index in [-0.39, 0.29) is 0 Å². The van der Waals surface area contributed by atoms with Gasteiger partial charge in [0.25, 0.3) is 0 Å². The van der Waals surface area contributed by atoms with Crippen LogP contribution < -0.4 is 4.90 Å². The second-order valence-corrected chi connectivity index (χ2v) is 14.9. The van der Waals surface area contributed by atoms with E-state index in [4.69, 9.17) is 0 Å². The van der Waals surface area contributed by atoms with Gasteiger partial charge in [0.05, 0.1) is 0 Å². The van der Waals surface area contributed by atoms with Crippen LogP contribution in [-0.4, -0.2) is 0 Å². The minimum Gasteiger partial charge on any atom is -0.310 e. The van der Waals surface area contributed by atoms with Crippen LogP contribution in [0.4, 0.5) is 17.1 Å². The third-order valence-electron chi connectivity index (χ3n) is 10.5. The average Bonchev–Trinajstić information content (AvgIpc) is 3.63. The van der Waals surface area contributed by atoms with E-state index in [0.717, 1.165) is 17.1 Å². The molecule has 0 unspecified atom stereocenters. The van der Waals surface area contributed by atoms with Crippen LogP contribution in [0.5, 0.6) is 0 Å². The van der Waals surface area contributed by atoms with Crippen molar-refractivity contribution in [1.82, 2.24) is 0 Å². The molecule has 0 saturated heterocycles. The number of nitrogens with zero attached hydrogens (tertiary/aromatic N) is 1.